The maximum Gasteiger partial charge on any atom is 0.124 e. The summed E-state index contributed by atoms with van der Waals surface area (Å²) in [6.45, 7) is 1.12. The predicted molar refractivity (Wildman–Crippen MR) is 78.7 cm³/mol. The van der Waals surface area contributed by atoms with Crippen molar-refractivity contribution in [1.29, 1.82) is 0 Å². The molecule has 96 valence electrons. The minimum absolute atomic E-state index is 0.492. The van der Waals surface area contributed by atoms with Crippen LogP contribution >= 0.6 is 27.5 Å². The topological polar surface area (TPSA) is 24.9 Å². The standard InChI is InChI=1S/C14H16BrClN2/c15-14-12(16)7-10(8-18-14)11-5-1-3-9-4-2-6-17-13(9)11/h5,7-9,13,17H,1-4,6H2/t9-,13+/m1/s1. The number of hydrogen-bond acceptors (Lipinski definition) is 2. The lowest BCUT2D eigenvalue weighted by Gasteiger charge is -2.37. The number of piperidine rings is 1. The van der Waals surface area contributed by atoms with Crippen molar-refractivity contribution in [1.82, 2.24) is 10.3 Å². The molecule has 1 N–H and O–H groups in total. The molecule has 2 aliphatic rings. The van der Waals surface area contributed by atoms with Gasteiger partial charge in [-0.2, -0.15) is 0 Å². The number of hydrogen-bond donors (Lipinski definition) is 1. The van der Waals surface area contributed by atoms with Gasteiger partial charge in [0.1, 0.15) is 4.60 Å². The zero-order valence-electron chi connectivity index (χ0n) is 10.1. The van der Waals surface area contributed by atoms with E-state index in [0.29, 0.717) is 11.1 Å². The van der Waals surface area contributed by atoms with Crippen molar-refractivity contribution in [2.75, 3.05) is 6.54 Å². The van der Waals surface area contributed by atoms with Crippen molar-refractivity contribution in [3.8, 4) is 0 Å². The fraction of sp³-hybridized carbons (Fsp3) is 0.500. The normalized spacial score (nSPS) is 27.6. The third-order valence-corrected chi connectivity index (χ3v) is 5.10. The van der Waals surface area contributed by atoms with E-state index in [0.717, 1.165) is 22.6 Å². The Kier molecular flexibility index (Phi) is 3.73. The Morgan fingerprint density at radius 2 is 2.28 bits per heavy atom. The highest BCUT2D eigenvalue weighted by atomic mass is 79.9. The molecule has 0 radical (unpaired) electrons. The number of fused-ring (bicyclic) bond motifs is 1. The molecule has 0 saturated carbocycles. The molecule has 1 saturated heterocycles. The molecular weight excluding hydrogens is 312 g/mol. The third kappa shape index (κ3) is 2.36. The van der Waals surface area contributed by atoms with Gasteiger partial charge in [-0.3, -0.25) is 0 Å². The van der Waals surface area contributed by atoms with Crippen LogP contribution in [0.3, 0.4) is 0 Å². The van der Waals surface area contributed by atoms with Crippen molar-refractivity contribution in [3.05, 3.63) is 33.5 Å². The molecule has 2 heterocycles. The van der Waals surface area contributed by atoms with Crippen LogP contribution in [0.25, 0.3) is 5.57 Å². The van der Waals surface area contributed by atoms with Gasteiger partial charge < -0.3 is 5.32 Å². The van der Waals surface area contributed by atoms with Crippen molar-refractivity contribution in [2.24, 2.45) is 5.92 Å². The van der Waals surface area contributed by atoms with Gasteiger partial charge in [0.15, 0.2) is 0 Å². The monoisotopic (exact) mass is 326 g/mol. The van der Waals surface area contributed by atoms with E-state index < -0.39 is 0 Å². The molecule has 0 aromatic carbocycles. The van der Waals surface area contributed by atoms with Gasteiger partial charge in [-0.1, -0.05) is 17.7 Å². The Labute approximate surface area is 121 Å². The molecule has 2 nitrogen and oxygen atoms in total. The Bertz CT molecular complexity index is 487. The zero-order chi connectivity index (χ0) is 12.5. The molecule has 4 heteroatoms. The van der Waals surface area contributed by atoms with Crippen LogP contribution in [0, 0.1) is 5.92 Å². The summed E-state index contributed by atoms with van der Waals surface area (Å²) in [6, 6.07) is 2.51. The van der Waals surface area contributed by atoms with Crippen LogP contribution < -0.4 is 5.32 Å². The largest absolute Gasteiger partial charge is 0.310 e. The Morgan fingerprint density at radius 3 is 3.11 bits per heavy atom. The molecular formula is C14H16BrClN2. The van der Waals surface area contributed by atoms with Gasteiger partial charge >= 0.3 is 0 Å². The highest BCUT2D eigenvalue weighted by molar-refractivity contribution is 9.10. The summed E-state index contributed by atoms with van der Waals surface area (Å²) < 4.78 is 0.720. The molecule has 1 aromatic rings. The number of pyridine rings is 1. The average molecular weight is 328 g/mol. The number of aromatic nitrogens is 1. The quantitative estimate of drug-likeness (QED) is 0.787. The average Bonchev–Trinajstić information content (AvgIpc) is 2.41. The van der Waals surface area contributed by atoms with Crippen LogP contribution in [-0.4, -0.2) is 17.6 Å². The van der Waals surface area contributed by atoms with Gasteiger partial charge in [0.2, 0.25) is 0 Å². The van der Waals surface area contributed by atoms with Crippen LogP contribution in [0.5, 0.6) is 0 Å². The summed E-state index contributed by atoms with van der Waals surface area (Å²) in [5.41, 5.74) is 2.54. The first-order chi connectivity index (χ1) is 8.75. The lowest BCUT2D eigenvalue weighted by molar-refractivity contribution is 0.304. The molecule has 0 amide bonds. The summed E-state index contributed by atoms with van der Waals surface area (Å²) >= 11 is 9.50. The van der Waals surface area contributed by atoms with E-state index >= 15 is 0 Å². The maximum atomic E-state index is 6.15. The second kappa shape index (κ2) is 5.32. The number of allylic oxidation sites excluding steroid dienone is 1. The third-order valence-electron chi connectivity index (χ3n) is 3.95. The molecule has 1 aliphatic heterocycles. The van der Waals surface area contributed by atoms with E-state index in [-0.39, 0.29) is 0 Å². The zero-order valence-corrected chi connectivity index (χ0v) is 12.5. The lowest BCUT2D eigenvalue weighted by atomic mass is 9.77. The van der Waals surface area contributed by atoms with Crippen molar-refractivity contribution in [3.63, 3.8) is 0 Å². The lowest BCUT2D eigenvalue weighted by Crippen LogP contribution is -2.43. The second-order valence-corrected chi connectivity index (χ2v) is 6.23. The fourth-order valence-corrected chi connectivity index (χ4v) is 3.47. The fourth-order valence-electron chi connectivity index (χ4n) is 3.09. The molecule has 0 unspecified atom stereocenters. The van der Waals surface area contributed by atoms with Crippen molar-refractivity contribution >= 4 is 33.1 Å². The highest BCUT2D eigenvalue weighted by Gasteiger charge is 2.30. The van der Waals surface area contributed by atoms with Crippen LogP contribution in [0.4, 0.5) is 0 Å². The van der Waals surface area contributed by atoms with E-state index in [1.54, 1.807) is 0 Å². The predicted octanol–water partition coefficient (Wildman–Crippen LogP) is 4.04. The molecule has 18 heavy (non-hydrogen) atoms. The van der Waals surface area contributed by atoms with Gasteiger partial charge in [-0.25, -0.2) is 4.98 Å². The summed E-state index contributed by atoms with van der Waals surface area (Å²) in [4.78, 5) is 4.31. The number of halogens is 2. The number of nitrogens with one attached hydrogen (secondary N) is 1. The summed E-state index contributed by atoms with van der Waals surface area (Å²) in [5.74, 6) is 0.779. The highest BCUT2D eigenvalue weighted by Crippen LogP contribution is 2.36. The van der Waals surface area contributed by atoms with Gasteiger partial charge in [0.25, 0.3) is 0 Å². The molecule has 1 fully saturated rings. The molecule has 2 atom stereocenters. The minimum Gasteiger partial charge on any atom is -0.310 e. The summed E-state index contributed by atoms with van der Waals surface area (Å²) in [5, 5.41) is 4.34. The van der Waals surface area contributed by atoms with E-state index in [4.69, 9.17) is 11.6 Å². The van der Waals surface area contributed by atoms with Crippen LogP contribution in [-0.2, 0) is 0 Å². The molecule has 3 rings (SSSR count). The van der Waals surface area contributed by atoms with Gasteiger partial charge in [-0.05, 0) is 71.3 Å². The SMILES string of the molecule is Clc1cc(C2=CCC[C@@H]3CCCN[C@H]23)cnc1Br. The Balaban J connectivity index is 1.94. The smallest absolute Gasteiger partial charge is 0.124 e. The van der Waals surface area contributed by atoms with Crippen LogP contribution in [0.1, 0.15) is 31.2 Å². The maximum absolute atomic E-state index is 6.15. The van der Waals surface area contributed by atoms with Crippen LogP contribution in [0.15, 0.2) is 22.9 Å². The van der Waals surface area contributed by atoms with E-state index in [1.165, 1.54) is 31.3 Å². The van der Waals surface area contributed by atoms with Gasteiger partial charge in [-0.15, -0.1) is 0 Å². The Morgan fingerprint density at radius 1 is 1.39 bits per heavy atom. The first kappa shape index (κ1) is 12.6. The minimum atomic E-state index is 0.492. The summed E-state index contributed by atoms with van der Waals surface area (Å²) in [6.07, 6.45) is 9.38. The van der Waals surface area contributed by atoms with Gasteiger partial charge in [0.05, 0.1) is 5.02 Å². The van der Waals surface area contributed by atoms with Crippen molar-refractivity contribution in [2.45, 2.75) is 31.7 Å². The molecule has 1 aromatic heterocycles. The molecule has 1 aliphatic carbocycles. The first-order valence-corrected chi connectivity index (χ1v) is 7.67. The van der Waals surface area contributed by atoms with Crippen LogP contribution in [0.2, 0.25) is 5.02 Å². The van der Waals surface area contributed by atoms with E-state index in [9.17, 15) is 0 Å². The first-order valence-electron chi connectivity index (χ1n) is 6.50. The van der Waals surface area contributed by atoms with Gasteiger partial charge in [0, 0.05) is 12.2 Å². The molecule has 0 bridgehead atoms. The van der Waals surface area contributed by atoms with E-state index in [1.807, 2.05) is 12.3 Å². The van der Waals surface area contributed by atoms with Crippen molar-refractivity contribution < 1.29 is 0 Å². The second-order valence-electron chi connectivity index (χ2n) is 5.07. The summed E-state index contributed by atoms with van der Waals surface area (Å²) in [7, 11) is 0. The molecule has 0 spiro atoms. The van der Waals surface area contributed by atoms with E-state index in [2.05, 4.69) is 32.3 Å². The Hall–Kier alpha value is -0.380. The number of nitrogens with zero attached hydrogens (tertiary/aromatic N) is 1. The number of rotatable bonds is 1.